The average Bonchev–Trinajstić information content (AvgIpc) is 3.54. The summed E-state index contributed by atoms with van der Waals surface area (Å²) in [6.07, 6.45) is 6.30. The molecule has 0 aliphatic carbocycles. The van der Waals surface area contributed by atoms with E-state index in [9.17, 15) is 19.7 Å². The number of non-ortho nitro benzene ring substituents is 1. The molecule has 4 aromatic rings. The molecule has 0 N–H and O–H groups in total. The molecule has 4 heterocycles. The number of hydrogen-bond acceptors (Lipinski definition) is 9. The van der Waals surface area contributed by atoms with Gasteiger partial charge in [-0.05, 0) is 75.8 Å². The molecule has 2 aromatic heterocycles. The molecule has 14 heteroatoms. The molecule has 2 saturated heterocycles. The molecule has 0 saturated carbocycles. The maximum Gasteiger partial charge on any atom is 0.410 e. The zero-order valence-corrected chi connectivity index (χ0v) is 32.5. The maximum absolute atomic E-state index is 13.0. The van der Waals surface area contributed by atoms with Crippen molar-refractivity contribution in [3.05, 3.63) is 87.0 Å². The minimum absolute atomic E-state index is 0.0566. The topological polar surface area (TPSA) is 115 Å². The molecule has 6 rings (SSSR count). The van der Waals surface area contributed by atoms with Gasteiger partial charge in [-0.25, -0.2) is 4.79 Å². The Labute approximate surface area is 314 Å². The fraction of sp³-hybridized carbons (Fsp3) is 0.459. The van der Waals surface area contributed by atoms with Gasteiger partial charge in [-0.15, -0.1) is 0 Å². The Hall–Kier alpha value is -3.60. The van der Waals surface area contributed by atoms with Gasteiger partial charge in [0.2, 0.25) is 0 Å². The number of nitro benzene ring substituents is 1. The third-order valence-electron chi connectivity index (χ3n) is 9.64. The minimum atomic E-state index is -0.462. The van der Waals surface area contributed by atoms with Crippen molar-refractivity contribution in [3.8, 4) is 22.6 Å². The summed E-state index contributed by atoms with van der Waals surface area (Å²) in [6, 6.07) is 14.4. The van der Waals surface area contributed by atoms with Crippen molar-refractivity contribution in [1.82, 2.24) is 23.2 Å². The summed E-state index contributed by atoms with van der Waals surface area (Å²) in [5.41, 5.74) is 2.26. The molecule has 0 bridgehead atoms. The van der Waals surface area contributed by atoms with Crippen molar-refractivity contribution in [2.75, 3.05) is 52.4 Å². The highest BCUT2D eigenvalue weighted by Crippen LogP contribution is 2.40. The number of nitro groups is 1. The van der Waals surface area contributed by atoms with Crippen LogP contribution in [0, 0.1) is 16.0 Å². The predicted molar refractivity (Wildman–Crippen MR) is 210 cm³/mol. The summed E-state index contributed by atoms with van der Waals surface area (Å²) in [6.45, 7) is 13.5. The Morgan fingerprint density at radius 2 is 1.67 bits per heavy atom. The summed E-state index contributed by atoms with van der Waals surface area (Å²) in [5.74, 6) is 1.71. The lowest BCUT2D eigenvalue weighted by Crippen LogP contribution is -2.49. The fourth-order valence-electron chi connectivity index (χ4n) is 6.86. The van der Waals surface area contributed by atoms with E-state index in [1.54, 1.807) is 23.3 Å². The Morgan fingerprint density at radius 1 is 0.980 bits per heavy atom. The van der Waals surface area contributed by atoms with E-state index >= 15 is 0 Å². The van der Waals surface area contributed by atoms with Gasteiger partial charge in [-0.2, -0.15) is 0 Å². The maximum atomic E-state index is 13.0. The highest BCUT2D eigenvalue weighted by atomic mass is 127. The highest BCUT2D eigenvalue weighted by molar-refractivity contribution is 14.2. The number of amides is 1. The number of carbonyl (C=O) groups is 1. The summed E-state index contributed by atoms with van der Waals surface area (Å²) in [4.78, 5) is 43.7. The molecule has 2 aliphatic rings. The van der Waals surface area contributed by atoms with Gasteiger partial charge in [-0.3, -0.25) is 18.9 Å². The number of carbonyl (C=O) groups excluding carboxylic acids is 1. The first kappa shape index (κ1) is 37.2. The molecule has 51 heavy (non-hydrogen) atoms. The first-order valence-electron chi connectivity index (χ1n) is 17.4. The largest absolute Gasteiger partial charge is 0.457 e. The lowest BCUT2D eigenvalue weighted by Gasteiger charge is -2.39. The minimum Gasteiger partial charge on any atom is -0.457 e. The third-order valence-corrected chi connectivity index (χ3v) is 11.4. The van der Waals surface area contributed by atoms with Crippen molar-refractivity contribution in [3.63, 3.8) is 0 Å². The van der Waals surface area contributed by atoms with E-state index in [2.05, 4.69) is 43.1 Å². The number of nitrogens with zero attached hydrogens (tertiary/aromatic N) is 6. The average molecular weight is 829 g/mol. The van der Waals surface area contributed by atoms with Crippen molar-refractivity contribution in [1.29, 1.82) is 0 Å². The van der Waals surface area contributed by atoms with E-state index in [1.807, 2.05) is 50.1 Å². The molecule has 2 fully saturated rings. The number of rotatable bonds is 10. The summed E-state index contributed by atoms with van der Waals surface area (Å²) >= 11 is 2.12. The van der Waals surface area contributed by atoms with Gasteiger partial charge in [0.25, 0.3) is 11.2 Å². The number of halogens is 1. The van der Waals surface area contributed by atoms with Gasteiger partial charge < -0.3 is 28.7 Å². The molecule has 0 unspecified atom stereocenters. The van der Waals surface area contributed by atoms with Crippen LogP contribution >= 0.6 is 30.3 Å². The summed E-state index contributed by atoms with van der Waals surface area (Å²) in [5, 5.41) is 12.4. The van der Waals surface area contributed by atoms with E-state index in [4.69, 9.17) is 9.47 Å². The van der Waals surface area contributed by atoms with Crippen molar-refractivity contribution < 1.29 is 19.2 Å². The highest BCUT2D eigenvalue weighted by Gasteiger charge is 2.28. The van der Waals surface area contributed by atoms with Gasteiger partial charge in [0.05, 0.1) is 4.92 Å². The monoisotopic (exact) mass is 828 g/mol. The number of aryl methyl sites for hydroxylation is 1. The van der Waals surface area contributed by atoms with Crippen LogP contribution in [-0.2, 0) is 18.2 Å². The fourth-order valence-corrected chi connectivity index (χ4v) is 8.19. The Balaban J connectivity index is 1.03. The first-order chi connectivity index (χ1) is 24.4. The van der Waals surface area contributed by atoms with Crippen molar-refractivity contribution in [2.45, 2.75) is 45.6 Å². The van der Waals surface area contributed by atoms with Gasteiger partial charge in [0.1, 0.15) is 22.6 Å². The number of hydrogen-bond donors (Lipinski definition) is 0. The first-order valence-corrected chi connectivity index (χ1v) is 20.7. The van der Waals surface area contributed by atoms with Crippen LogP contribution in [-0.4, -0.2) is 92.2 Å². The smallest absolute Gasteiger partial charge is 0.410 e. The molecular weight excluding hydrogens is 783 g/mol. The lowest BCUT2D eigenvalue weighted by molar-refractivity contribution is -0.384. The van der Waals surface area contributed by atoms with Crippen LogP contribution in [0.3, 0.4) is 0 Å². The van der Waals surface area contributed by atoms with Crippen LogP contribution in [0.25, 0.3) is 22.0 Å². The quantitative estimate of drug-likeness (QED) is 0.0919. The van der Waals surface area contributed by atoms with Crippen LogP contribution in [0.2, 0.25) is 0 Å². The number of ether oxygens (including phenoxy) is 2. The zero-order valence-electron chi connectivity index (χ0n) is 29.5. The molecule has 0 atom stereocenters. The van der Waals surface area contributed by atoms with Gasteiger partial charge in [0.15, 0.2) is 0 Å². The van der Waals surface area contributed by atoms with E-state index in [1.165, 1.54) is 31.4 Å². The molecule has 0 spiro atoms. The van der Waals surface area contributed by atoms with Gasteiger partial charge in [-0.1, -0.05) is 12.1 Å². The Morgan fingerprint density at radius 3 is 2.31 bits per heavy atom. The van der Waals surface area contributed by atoms with Crippen molar-refractivity contribution >= 4 is 53.0 Å². The number of aromatic nitrogens is 2. The predicted octanol–water partition coefficient (Wildman–Crippen LogP) is 7.36. The summed E-state index contributed by atoms with van der Waals surface area (Å²) < 4.78 is 15.2. The van der Waals surface area contributed by atoms with Crippen LogP contribution in [0.5, 0.6) is 11.5 Å². The van der Waals surface area contributed by atoms with Crippen LogP contribution in [0.1, 0.15) is 39.2 Å². The Bertz CT molecular complexity index is 1920. The second-order valence-corrected chi connectivity index (χ2v) is 16.1. The van der Waals surface area contributed by atoms with E-state index in [0.717, 1.165) is 71.6 Å². The second-order valence-electron chi connectivity index (χ2n) is 14.4. The number of likely N-dealkylation sites (tertiary alicyclic amines) is 1. The molecule has 272 valence electrons. The number of fused-ring (bicyclic) bond motifs is 1. The number of benzene rings is 2. The number of pyridine rings is 1. The molecule has 2 aliphatic heterocycles. The molecular formula is C37H45IN6O6S. The Kier molecular flexibility index (Phi) is 11.6. The third kappa shape index (κ3) is 9.07. The van der Waals surface area contributed by atoms with Crippen LogP contribution in [0.15, 0.2) is 65.7 Å². The lowest BCUT2D eigenvalue weighted by atomic mass is 9.96. The SMILES string of the molecule is Cn1cc(-c2cc([N+](=O)[O-])ccc2Oc2ccc(CCN3CCN(CC4CCN(C(=O)OC(C)(C)C)CC4)CC3)cc2)c2ccn(SI)c2c1=O. The van der Waals surface area contributed by atoms with E-state index < -0.39 is 10.5 Å². The molecule has 0 radical (unpaired) electrons. The van der Waals surface area contributed by atoms with Crippen LogP contribution in [0.4, 0.5) is 10.5 Å². The van der Waals surface area contributed by atoms with Gasteiger partial charge >= 0.3 is 6.09 Å². The number of piperazine rings is 1. The zero-order chi connectivity index (χ0) is 36.3. The van der Waals surface area contributed by atoms with Gasteiger partial charge in [0, 0.05) is 131 Å². The normalized spacial score (nSPS) is 16.5. The van der Waals surface area contributed by atoms with E-state index in [0.29, 0.717) is 39.4 Å². The molecule has 1 amide bonds. The van der Waals surface area contributed by atoms with Crippen LogP contribution < -0.4 is 10.3 Å². The standard InChI is InChI=1S/C37H45IN6O6S/c1-37(2,3)50-36(46)42-16-12-27(13-17-42)24-41-21-19-40(20-22-41)15-11-26-5-8-29(9-6-26)49-33-10-7-28(44(47)48)23-31(33)32-25-39(4)35(45)34-30(32)14-18-43(34)51-38/h5-10,14,18,23,25,27H,11-13,15-17,19-22,24H2,1-4H3. The van der Waals surface area contributed by atoms with E-state index in [-0.39, 0.29) is 17.3 Å². The molecule has 12 nitrogen and oxygen atoms in total. The second kappa shape index (κ2) is 16.0. The van der Waals surface area contributed by atoms with Crippen molar-refractivity contribution in [2.24, 2.45) is 13.0 Å². The summed E-state index contributed by atoms with van der Waals surface area (Å²) in [7, 11) is 3.06. The molecule has 2 aromatic carbocycles. The number of piperidine rings is 1.